The third-order valence-electron chi connectivity index (χ3n) is 5.60. The number of anilines is 2. The van der Waals surface area contributed by atoms with E-state index >= 15 is 0 Å². The van der Waals surface area contributed by atoms with Crippen LogP contribution < -0.4 is 15.4 Å². The van der Waals surface area contributed by atoms with Crippen molar-refractivity contribution in [1.82, 2.24) is 9.97 Å². The first-order valence-electron chi connectivity index (χ1n) is 10.6. The number of ether oxygens (including phenoxy) is 2. The van der Waals surface area contributed by atoms with Gasteiger partial charge in [0, 0.05) is 24.5 Å². The van der Waals surface area contributed by atoms with Crippen LogP contribution in [0.1, 0.15) is 53.2 Å². The second kappa shape index (κ2) is 9.62. The minimum Gasteiger partial charge on any atom is -0.480 e. The number of aromatic nitrogens is 2. The average molecular weight is 441 g/mol. The summed E-state index contributed by atoms with van der Waals surface area (Å²) in [5.41, 5.74) is 2.66. The lowest BCUT2D eigenvalue weighted by atomic mass is 9.95. The zero-order valence-electron chi connectivity index (χ0n) is 18.2. The van der Waals surface area contributed by atoms with Crippen LogP contribution in [0.3, 0.4) is 0 Å². The number of carbonyl (C=O) groups excluding carboxylic acids is 1. The number of benzene rings is 1. The Labute approximate surface area is 186 Å². The Morgan fingerprint density at radius 2 is 1.81 bits per heavy atom. The molecule has 0 radical (unpaired) electrons. The van der Waals surface area contributed by atoms with Gasteiger partial charge in [-0.2, -0.15) is 4.98 Å². The molecule has 164 valence electrons. The SMILES string of the molecule is COCc1nc(OC)c2c(C)c(C(=O)Nc3ccc(NC4CCCCC4)cc3)sc2n1. The Morgan fingerprint density at radius 1 is 1.10 bits per heavy atom. The molecule has 1 aliphatic rings. The maximum Gasteiger partial charge on any atom is 0.266 e. The minimum absolute atomic E-state index is 0.163. The van der Waals surface area contributed by atoms with Crippen molar-refractivity contribution in [3.05, 3.63) is 40.5 Å². The van der Waals surface area contributed by atoms with E-state index in [9.17, 15) is 4.79 Å². The molecule has 0 saturated heterocycles. The third-order valence-corrected chi connectivity index (χ3v) is 6.78. The predicted molar refractivity (Wildman–Crippen MR) is 124 cm³/mol. The molecule has 1 amide bonds. The topological polar surface area (TPSA) is 85.4 Å². The van der Waals surface area contributed by atoms with Gasteiger partial charge in [-0.15, -0.1) is 11.3 Å². The van der Waals surface area contributed by atoms with E-state index in [1.165, 1.54) is 43.4 Å². The van der Waals surface area contributed by atoms with Crippen LogP contribution in [0.2, 0.25) is 0 Å². The summed E-state index contributed by atoms with van der Waals surface area (Å²) < 4.78 is 10.6. The number of thiophene rings is 1. The quantitative estimate of drug-likeness (QED) is 0.528. The van der Waals surface area contributed by atoms with E-state index in [0.717, 1.165) is 22.3 Å². The van der Waals surface area contributed by atoms with Gasteiger partial charge in [0.25, 0.3) is 5.91 Å². The van der Waals surface area contributed by atoms with Gasteiger partial charge in [-0.05, 0) is 49.6 Å². The first-order valence-corrected chi connectivity index (χ1v) is 11.4. The van der Waals surface area contributed by atoms with Gasteiger partial charge in [0.2, 0.25) is 5.88 Å². The summed E-state index contributed by atoms with van der Waals surface area (Å²) in [4.78, 5) is 23.2. The number of fused-ring (bicyclic) bond motifs is 1. The average Bonchev–Trinajstić information content (AvgIpc) is 3.12. The molecule has 2 aromatic heterocycles. The zero-order chi connectivity index (χ0) is 21.8. The summed E-state index contributed by atoms with van der Waals surface area (Å²) in [5, 5.41) is 7.36. The van der Waals surface area contributed by atoms with Crippen LogP contribution in [-0.4, -0.2) is 36.1 Å². The van der Waals surface area contributed by atoms with Gasteiger partial charge in [0.05, 0.1) is 17.4 Å². The molecule has 0 spiro atoms. The lowest BCUT2D eigenvalue weighted by molar-refractivity contribution is 0.103. The molecule has 0 aliphatic heterocycles. The predicted octanol–water partition coefficient (Wildman–Crippen LogP) is 5.15. The number of nitrogens with one attached hydrogen (secondary N) is 2. The second-order valence-corrected chi connectivity index (χ2v) is 8.83. The highest BCUT2D eigenvalue weighted by molar-refractivity contribution is 7.20. The standard InChI is InChI=1S/C23H28N4O3S/c1-14-19-22(30-3)26-18(13-29-2)27-23(19)31-20(14)21(28)25-17-11-9-16(10-12-17)24-15-7-5-4-6-8-15/h9-12,15,24H,4-8,13H2,1-3H3,(H,25,28). The number of methoxy groups -OCH3 is 2. The molecule has 0 unspecified atom stereocenters. The van der Waals surface area contributed by atoms with E-state index in [1.807, 2.05) is 31.2 Å². The molecule has 3 aromatic rings. The Hall–Kier alpha value is -2.71. The van der Waals surface area contributed by atoms with Crippen molar-refractivity contribution in [3.8, 4) is 5.88 Å². The summed E-state index contributed by atoms with van der Waals surface area (Å²) in [6.07, 6.45) is 6.38. The maximum absolute atomic E-state index is 13.0. The molecule has 0 bridgehead atoms. The van der Waals surface area contributed by atoms with Crippen LogP contribution in [0.15, 0.2) is 24.3 Å². The van der Waals surface area contributed by atoms with Gasteiger partial charge >= 0.3 is 0 Å². The summed E-state index contributed by atoms with van der Waals surface area (Å²) in [5.74, 6) is 0.827. The highest BCUT2D eigenvalue weighted by Gasteiger charge is 2.21. The van der Waals surface area contributed by atoms with Crippen LogP contribution >= 0.6 is 11.3 Å². The van der Waals surface area contributed by atoms with Crippen LogP contribution in [0.5, 0.6) is 5.88 Å². The van der Waals surface area contributed by atoms with Crippen molar-refractivity contribution in [2.24, 2.45) is 0 Å². The maximum atomic E-state index is 13.0. The smallest absolute Gasteiger partial charge is 0.266 e. The first-order chi connectivity index (χ1) is 15.1. The van der Waals surface area contributed by atoms with Crippen LogP contribution in [0.25, 0.3) is 10.2 Å². The number of aryl methyl sites for hydroxylation is 1. The molecule has 1 fully saturated rings. The van der Waals surface area contributed by atoms with Crippen molar-refractivity contribution in [3.63, 3.8) is 0 Å². The molecule has 8 heteroatoms. The number of amides is 1. The van der Waals surface area contributed by atoms with Crippen molar-refractivity contribution in [1.29, 1.82) is 0 Å². The fraction of sp³-hybridized carbons (Fsp3) is 0.435. The summed E-state index contributed by atoms with van der Waals surface area (Å²) in [6.45, 7) is 2.18. The van der Waals surface area contributed by atoms with Crippen LogP contribution in [0.4, 0.5) is 11.4 Å². The normalized spacial score (nSPS) is 14.5. The molecule has 2 N–H and O–H groups in total. The van der Waals surface area contributed by atoms with Crippen molar-refractivity contribution >= 4 is 38.8 Å². The van der Waals surface area contributed by atoms with Gasteiger partial charge < -0.3 is 20.1 Å². The number of carbonyl (C=O) groups is 1. The molecule has 0 atom stereocenters. The Kier molecular flexibility index (Phi) is 6.67. The van der Waals surface area contributed by atoms with E-state index in [0.29, 0.717) is 27.5 Å². The minimum atomic E-state index is -0.163. The Bertz CT molecular complexity index is 1060. The Balaban J connectivity index is 1.50. The number of hydrogen-bond acceptors (Lipinski definition) is 7. The van der Waals surface area contributed by atoms with Gasteiger partial charge in [-0.3, -0.25) is 4.79 Å². The highest BCUT2D eigenvalue weighted by atomic mass is 32.1. The molecular weight excluding hydrogens is 412 g/mol. The molecule has 4 rings (SSSR count). The monoisotopic (exact) mass is 440 g/mol. The van der Waals surface area contributed by atoms with E-state index in [2.05, 4.69) is 20.6 Å². The molecular formula is C23H28N4O3S. The summed E-state index contributed by atoms with van der Waals surface area (Å²) in [7, 11) is 3.16. The fourth-order valence-electron chi connectivity index (χ4n) is 4.02. The first kappa shape index (κ1) is 21.5. The van der Waals surface area contributed by atoms with Gasteiger partial charge in [-0.25, -0.2) is 4.98 Å². The lowest BCUT2D eigenvalue weighted by Crippen LogP contribution is -2.22. The molecule has 31 heavy (non-hydrogen) atoms. The molecule has 1 aromatic carbocycles. The summed E-state index contributed by atoms with van der Waals surface area (Å²) in [6, 6.07) is 8.46. The Morgan fingerprint density at radius 3 is 2.48 bits per heavy atom. The molecule has 2 heterocycles. The van der Waals surface area contributed by atoms with E-state index in [4.69, 9.17) is 9.47 Å². The van der Waals surface area contributed by atoms with Gasteiger partial charge in [-0.1, -0.05) is 19.3 Å². The second-order valence-electron chi connectivity index (χ2n) is 7.83. The van der Waals surface area contributed by atoms with Gasteiger partial charge in [0.1, 0.15) is 11.4 Å². The summed E-state index contributed by atoms with van der Waals surface area (Å²) >= 11 is 1.34. The van der Waals surface area contributed by atoms with Crippen LogP contribution in [0, 0.1) is 6.92 Å². The van der Waals surface area contributed by atoms with Gasteiger partial charge in [0.15, 0.2) is 5.82 Å². The van der Waals surface area contributed by atoms with E-state index < -0.39 is 0 Å². The molecule has 1 aliphatic carbocycles. The lowest BCUT2D eigenvalue weighted by Gasteiger charge is -2.23. The van der Waals surface area contributed by atoms with Crippen molar-refractivity contribution in [2.75, 3.05) is 24.9 Å². The highest BCUT2D eigenvalue weighted by Crippen LogP contribution is 2.35. The van der Waals surface area contributed by atoms with Crippen molar-refractivity contribution in [2.45, 2.75) is 51.7 Å². The van der Waals surface area contributed by atoms with E-state index in [1.54, 1.807) is 14.2 Å². The van der Waals surface area contributed by atoms with E-state index in [-0.39, 0.29) is 12.5 Å². The molecule has 1 saturated carbocycles. The third kappa shape index (κ3) is 4.80. The largest absolute Gasteiger partial charge is 0.480 e. The molecule has 7 nitrogen and oxygen atoms in total. The zero-order valence-corrected chi connectivity index (χ0v) is 19.0. The fourth-order valence-corrected chi connectivity index (χ4v) is 5.11. The number of rotatable bonds is 7. The number of hydrogen-bond donors (Lipinski definition) is 2. The number of nitrogens with zero attached hydrogens (tertiary/aromatic N) is 2. The van der Waals surface area contributed by atoms with Crippen molar-refractivity contribution < 1.29 is 14.3 Å². The van der Waals surface area contributed by atoms with Crippen LogP contribution in [-0.2, 0) is 11.3 Å².